The third-order valence-corrected chi connectivity index (χ3v) is 8.87. The molecule has 2 amide bonds. The van der Waals surface area contributed by atoms with Crippen LogP contribution in [-0.4, -0.2) is 60.0 Å². The third-order valence-electron chi connectivity index (χ3n) is 5.66. The number of carbonyl (C=O) groups excluding carboxylic acids is 2. The summed E-state index contributed by atoms with van der Waals surface area (Å²) in [6, 6.07) is 13.5. The molecule has 2 aliphatic heterocycles. The van der Waals surface area contributed by atoms with Crippen molar-refractivity contribution in [2.45, 2.75) is 50.1 Å². The van der Waals surface area contributed by atoms with Crippen molar-refractivity contribution in [1.82, 2.24) is 5.32 Å². The van der Waals surface area contributed by atoms with E-state index in [1.54, 1.807) is 26.8 Å². The van der Waals surface area contributed by atoms with Gasteiger partial charge in [0.05, 0.1) is 23.2 Å². The van der Waals surface area contributed by atoms with Crippen molar-refractivity contribution < 1.29 is 27.1 Å². The van der Waals surface area contributed by atoms with Crippen LogP contribution >= 0.6 is 11.8 Å². The highest BCUT2D eigenvalue weighted by Gasteiger charge is 2.50. The van der Waals surface area contributed by atoms with Crippen LogP contribution in [0.2, 0.25) is 0 Å². The van der Waals surface area contributed by atoms with E-state index in [1.807, 2.05) is 30.3 Å². The Morgan fingerprint density at radius 2 is 1.81 bits per heavy atom. The van der Waals surface area contributed by atoms with Crippen molar-refractivity contribution >= 4 is 44.5 Å². The van der Waals surface area contributed by atoms with Crippen LogP contribution in [-0.2, 0) is 25.8 Å². The molecule has 2 aliphatic rings. The molecule has 2 aromatic rings. The molecule has 0 spiro atoms. The lowest BCUT2D eigenvalue weighted by atomic mass is 10.1. The molecule has 3 atom stereocenters. The lowest BCUT2D eigenvalue weighted by Gasteiger charge is -2.25. The molecule has 2 fully saturated rings. The number of ether oxygens (including phenoxy) is 1. The van der Waals surface area contributed by atoms with Gasteiger partial charge in [0.15, 0.2) is 15.0 Å². The lowest BCUT2D eigenvalue weighted by molar-refractivity contribution is -0.119. The minimum Gasteiger partial charge on any atom is -0.444 e. The SMILES string of the molecule is CC(C)(C)OC(=O)N[C@H](Cc1ccccc1)C(=O)N=C1S[C@H]2CS(=O)(=O)C[C@@H]2N1c1ccccc1F. The van der Waals surface area contributed by atoms with Gasteiger partial charge in [-0.05, 0) is 38.5 Å². The number of fused-ring (bicyclic) bond motifs is 1. The highest BCUT2D eigenvalue weighted by Crippen LogP contribution is 2.41. The minimum absolute atomic E-state index is 0.0793. The van der Waals surface area contributed by atoms with Crippen molar-refractivity contribution in [3.05, 3.63) is 66.0 Å². The summed E-state index contributed by atoms with van der Waals surface area (Å²) in [4.78, 5) is 31.7. The summed E-state index contributed by atoms with van der Waals surface area (Å²) in [5, 5.41) is 2.44. The van der Waals surface area contributed by atoms with Crippen molar-refractivity contribution in [2.24, 2.45) is 4.99 Å². The van der Waals surface area contributed by atoms with E-state index in [-0.39, 0.29) is 34.0 Å². The molecule has 192 valence electrons. The molecule has 11 heteroatoms. The van der Waals surface area contributed by atoms with Gasteiger partial charge in [0.2, 0.25) is 0 Å². The quantitative estimate of drug-likeness (QED) is 0.627. The Labute approximate surface area is 214 Å². The summed E-state index contributed by atoms with van der Waals surface area (Å²) in [6.07, 6.45) is -0.591. The Morgan fingerprint density at radius 1 is 1.14 bits per heavy atom. The number of rotatable bonds is 5. The molecule has 0 unspecified atom stereocenters. The third kappa shape index (κ3) is 6.25. The van der Waals surface area contributed by atoms with Crippen molar-refractivity contribution in [3.63, 3.8) is 0 Å². The van der Waals surface area contributed by atoms with E-state index in [1.165, 1.54) is 23.1 Å². The van der Waals surface area contributed by atoms with Gasteiger partial charge in [0.25, 0.3) is 5.91 Å². The molecule has 0 aromatic heterocycles. The Hall–Kier alpha value is -2.92. The van der Waals surface area contributed by atoms with E-state index < -0.39 is 45.3 Å². The topological polar surface area (TPSA) is 105 Å². The standard InChI is InChI=1S/C25H28FN3O5S2/c1-25(2,3)34-24(31)27-18(13-16-9-5-4-6-10-16)22(30)28-23-29(19-12-8-7-11-17(19)26)20-14-36(32,33)15-21(20)35-23/h4-12,18,20-21H,13-15H2,1-3H3,(H,27,31)/t18-,20+,21+/m1/s1. The predicted molar refractivity (Wildman–Crippen MR) is 138 cm³/mol. The van der Waals surface area contributed by atoms with Crippen LogP contribution in [0.3, 0.4) is 0 Å². The number of hydrogen-bond acceptors (Lipinski definition) is 6. The second kappa shape index (κ2) is 10.2. The molecule has 1 N–H and O–H groups in total. The van der Waals surface area contributed by atoms with Gasteiger partial charge >= 0.3 is 6.09 Å². The molecule has 2 heterocycles. The fourth-order valence-electron chi connectivity index (χ4n) is 4.17. The second-order valence-corrected chi connectivity index (χ2v) is 13.1. The number of sulfone groups is 1. The fourth-order valence-corrected chi connectivity index (χ4v) is 8.08. The van der Waals surface area contributed by atoms with Crippen LogP contribution in [0.15, 0.2) is 59.6 Å². The summed E-state index contributed by atoms with van der Waals surface area (Å²) < 4.78 is 44.7. The Bertz CT molecular complexity index is 1280. The molecular formula is C25H28FN3O5S2. The number of alkyl carbamates (subject to hydrolysis) is 1. The number of para-hydroxylation sites is 1. The van der Waals surface area contributed by atoms with E-state index in [4.69, 9.17) is 4.74 Å². The van der Waals surface area contributed by atoms with Gasteiger partial charge in [-0.15, -0.1) is 0 Å². The van der Waals surface area contributed by atoms with Crippen molar-refractivity contribution in [1.29, 1.82) is 0 Å². The van der Waals surface area contributed by atoms with Gasteiger partial charge in [-0.1, -0.05) is 54.2 Å². The molecule has 2 aromatic carbocycles. The number of benzene rings is 2. The van der Waals surface area contributed by atoms with Crippen LogP contribution in [0, 0.1) is 5.82 Å². The number of amidine groups is 1. The number of aliphatic imine (C=N–C) groups is 1. The van der Waals surface area contributed by atoms with Crippen LogP contribution < -0.4 is 10.2 Å². The second-order valence-electron chi connectivity index (χ2n) is 9.74. The largest absolute Gasteiger partial charge is 0.444 e. The maximum absolute atomic E-state index is 14.8. The zero-order chi connectivity index (χ0) is 26.1. The predicted octanol–water partition coefficient (Wildman–Crippen LogP) is 3.56. The van der Waals surface area contributed by atoms with Gasteiger partial charge in [-0.2, -0.15) is 4.99 Å². The number of halogens is 1. The molecule has 8 nitrogen and oxygen atoms in total. The summed E-state index contributed by atoms with van der Waals surface area (Å²) in [5.41, 5.74) is 0.198. The van der Waals surface area contributed by atoms with Gasteiger partial charge in [0, 0.05) is 11.7 Å². The average Bonchev–Trinajstić information content (AvgIpc) is 3.24. The highest BCUT2D eigenvalue weighted by molar-refractivity contribution is 8.16. The molecule has 0 bridgehead atoms. The normalized spacial score (nSPS) is 22.8. The summed E-state index contributed by atoms with van der Waals surface area (Å²) in [5.74, 6) is -1.42. The van der Waals surface area contributed by atoms with Crippen molar-refractivity contribution in [2.75, 3.05) is 16.4 Å². The Morgan fingerprint density at radius 3 is 2.47 bits per heavy atom. The number of nitrogens with zero attached hydrogens (tertiary/aromatic N) is 2. The summed E-state index contributed by atoms with van der Waals surface area (Å²) in [7, 11) is -3.30. The first-order valence-electron chi connectivity index (χ1n) is 11.5. The molecule has 0 aliphatic carbocycles. The molecule has 0 saturated carbocycles. The monoisotopic (exact) mass is 533 g/mol. The Kier molecular flexibility index (Phi) is 7.42. The fraction of sp³-hybridized carbons (Fsp3) is 0.400. The maximum atomic E-state index is 14.8. The average molecular weight is 534 g/mol. The molecule has 0 radical (unpaired) electrons. The first-order valence-corrected chi connectivity index (χ1v) is 14.2. The number of thioether (sulfide) groups is 1. The first kappa shape index (κ1) is 26.2. The summed E-state index contributed by atoms with van der Waals surface area (Å²) >= 11 is 1.14. The first-order chi connectivity index (χ1) is 16.9. The van der Waals surface area contributed by atoms with E-state index in [9.17, 15) is 22.4 Å². The van der Waals surface area contributed by atoms with Crippen molar-refractivity contribution in [3.8, 4) is 0 Å². The summed E-state index contributed by atoms with van der Waals surface area (Å²) in [6.45, 7) is 5.15. The number of anilines is 1. The molecule has 2 saturated heterocycles. The zero-order valence-corrected chi connectivity index (χ0v) is 21.8. The molecule has 36 heavy (non-hydrogen) atoms. The smallest absolute Gasteiger partial charge is 0.408 e. The van der Waals surface area contributed by atoms with Crippen LogP contribution in [0.25, 0.3) is 0 Å². The maximum Gasteiger partial charge on any atom is 0.408 e. The number of carbonyl (C=O) groups is 2. The molecule has 4 rings (SSSR count). The van der Waals surface area contributed by atoms with Gasteiger partial charge in [0.1, 0.15) is 17.5 Å². The number of nitrogens with one attached hydrogen (secondary N) is 1. The lowest BCUT2D eigenvalue weighted by Crippen LogP contribution is -2.45. The van der Waals surface area contributed by atoms with Gasteiger partial charge in [-0.3, -0.25) is 4.79 Å². The van der Waals surface area contributed by atoms with Crippen LogP contribution in [0.4, 0.5) is 14.9 Å². The highest BCUT2D eigenvalue weighted by atomic mass is 32.2. The van der Waals surface area contributed by atoms with E-state index in [0.29, 0.717) is 0 Å². The number of amides is 2. The zero-order valence-electron chi connectivity index (χ0n) is 20.2. The van der Waals surface area contributed by atoms with Crippen LogP contribution in [0.1, 0.15) is 26.3 Å². The Balaban J connectivity index is 1.66. The number of hydrogen-bond donors (Lipinski definition) is 1. The van der Waals surface area contributed by atoms with E-state index in [0.717, 1.165) is 17.3 Å². The molecular weight excluding hydrogens is 505 g/mol. The van der Waals surface area contributed by atoms with E-state index in [2.05, 4.69) is 10.3 Å². The van der Waals surface area contributed by atoms with Crippen LogP contribution in [0.5, 0.6) is 0 Å². The van der Waals surface area contributed by atoms with Gasteiger partial charge < -0.3 is 15.0 Å². The van der Waals surface area contributed by atoms with E-state index >= 15 is 0 Å². The van der Waals surface area contributed by atoms with Gasteiger partial charge in [-0.25, -0.2) is 17.6 Å². The minimum atomic E-state index is -3.30.